The predicted octanol–water partition coefficient (Wildman–Crippen LogP) is 5.01. The maximum atomic E-state index is 14.0. The van der Waals surface area contributed by atoms with E-state index in [1.165, 1.54) is 30.3 Å². The second-order valence-corrected chi connectivity index (χ2v) is 8.84. The normalized spacial score (nSPS) is 11.8. The maximum absolute atomic E-state index is 14.0. The number of alkyl halides is 3. The summed E-state index contributed by atoms with van der Waals surface area (Å²) < 4.78 is 79.8. The summed E-state index contributed by atoms with van der Waals surface area (Å²) in [6.45, 7) is -0.0851. The van der Waals surface area contributed by atoms with Gasteiger partial charge in [0, 0.05) is 12.2 Å². The van der Waals surface area contributed by atoms with E-state index in [1.807, 2.05) is 0 Å². The summed E-state index contributed by atoms with van der Waals surface area (Å²) in [5.41, 5.74) is 4.67. The molecule has 0 heterocycles. The van der Waals surface area contributed by atoms with Gasteiger partial charge in [-0.3, -0.25) is 9.52 Å². The van der Waals surface area contributed by atoms with E-state index in [-0.39, 0.29) is 22.9 Å². The van der Waals surface area contributed by atoms with Crippen molar-refractivity contribution in [1.29, 1.82) is 0 Å². The van der Waals surface area contributed by atoms with Gasteiger partial charge in [0.1, 0.15) is 5.82 Å². The Kier molecular flexibility index (Phi) is 6.96. The Bertz CT molecular complexity index is 1280. The molecule has 0 atom stereocenters. The van der Waals surface area contributed by atoms with Gasteiger partial charge in [0.25, 0.3) is 15.9 Å². The van der Waals surface area contributed by atoms with Crippen molar-refractivity contribution in [3.8, 4) is 0 Å². The van der Waals surface area contributed by atoms with Crippen molar-refractivity contribution in [3.05, 3.63) is 88.2 Å². The lowest BCUT2D eigenvalue weighted by atomic mass is 10.1. The molecule has 0 aromatic heterocycles. The summed E-state index contributed by atoms with van der Waals surface area (Å²) >= 11 is 5.88. The van der Waals surface area contributed by atoms with Gasteiger partial charge in [0.2, 0.25) is 0 Å². The van der Waals surface area contributed by atoms with Gasteiger partial charge in [-0.1, -0.05) is 23.7 Å². The first-order chi connectivity index (χ1) is 15.4. The van der Waals surface area contributed by atoms with Gasteiger partial charge < -0.3 is 11.1 Å². The molecule has 0 aliphatic heterocycles. The fourth-order valence-electron chi connectivity index (χ4n) is 2.86. The SMILES string of the molecule is NCc1ccc(NC(=O)c2c(F)cccc2Cl)cc1NS(=O)(=O)c1ccc(C(F)(F)F)cc1. The van der Waals surface area contributed by atoms with E-state index in [1.54, 1.807) is 0 Å². The highest BCUT2D eigenvalue weighted by molar-refractivity contribution is 7.92. The van der Waals surface area contributed by atoms with E-state index in [4.69, 9.17) is 17.3 Å². The minimum atomic E-state index is -4.61. The average molecular weight is 502 g/mol. The molecule has 3 rings (SSSR count). The summed E-state index contributed by atoms with van der Waals surface area (Å²) in [5, 5.41) is 2.30. The fourth-order valence-corrected chi connectivity index (χ4v) is 4.20. The molecular formula is C21H16ClF4N3O3S. The van der Waals surface area contributed by atoms with E-state index in [2.05, 4.69) is 10.0 Å². The largest absolute Gasteiger partial charge is 0.416 e. The molecule has 3 aromatic rings. The summed E-state index contributed by atoms with van der Waals surface area (Å²) in [6, 6.07) is 10.8. The first-order valence-electron chi connectivity index (χ1n) is 9.21. The van der Waals surface area contributed by atoms with Crippen LogP contribution >= 0.6 is 11.6 Å². The Morgan fingerprint density at radius 2 is 1.70 bits per heavy atom. The van der Waals surface area contributed by atoms with Crippen LogP contribution in [-0.2, 0) is 22.7 Å². The summed E-state index contributed by atoms with van der Waals surface area (Å²) in [7, 11) is -4.29. The molecule has 0 unspecified atom stereocenters. The number of nitrogens with one attached hydrogen (secondary N) is 2. The van der Waals surface area contributed by atoms with Crippen molar-refractivity contribution in [2.75, 3.05) is 10.0 Å². The van der Waals surface area contributed by atoms with Crippen molar-refractivity contribution >= 4 is 38.9 Å². The van der Waals surface area contributed by atoms with Crippen LogP contribution in [0.1, 0.15) is 21.5 Å². The van der Waals surface area contributed by atoms with E-state index in [0.717, 1.165) is 18.2 Å². The van der Waals surface area contributed by atoms with Crippen molar-refractivity contribution in [1.82, 2.24) is 0 Å². The molecule has 0 saturated heterocycles. The monoisotopic (exact) mass is 501 g/mol. The van der Waals surface area contributed by atoms with E-state index >= 15 is 0 Å². The number of hydrogen-bond donors (Lipinski definition) is 3. The third kappa shape index (κ3) is 5.62. The Balaban J connectivity index is 1.89. The highest BCUT2D eigenvalue weighted by Crippen LogP contribution is 2.31. The number of anilines is 2. The highest BCUT2D eigenvalue weighted by Gasteiger charge is 2.30. The molecule has 1 amide bonds. The number of hydrogen-bond acceptors (Lipinski definition) is 4. The summed E-state index contributed by atoms with van der Waals surface area (Å²) in [5.74, 6) is -1.71. The maximum Gasteiger partial charge on any atom is 0.416 e. The number of benzene rings is 3. The second-order valence-electron chi connectivity index (χ2n) is 6.75. The van der Waals surface area contributed by atoms with Crippen LogP contribution in [0.15, 0.2) is 65.6 Å². The van der Waals surface area contributed by atoms with E-state index < -0.39 is 43.9 Å². The molecule has 0 radical (unpaired) electrons. The fraction of sp³-hybridized carbons (Fsp3) is 0.0952. The lowest BCUT2D eigenvalue weighted by Crippen LogP contribution is -2.17. The zero-order valence-electron chi connectivity index (χ0n) is 16.6. The molecule has 0 bridgehead atoms. The quantitative estimate of drug-likeness (QED) is 0.413. The van der Waals surface area contributed by atoms with Crippen molar-refractivity contribution < 1.29 is 30.8 Å². The Hall–Kier alpha value is -3.15. The van der Waals surface area contributed by atoms with Crippen molar-refractivity contribution in [2.24, 2.45) is 5.73 Å². The van der Waals surface area contributed by atoms with Crippen LogP contribution in [0.4, 0.5) is 28.9 Å². The number of carbonyl (C=O) groups excluding carboxylic acids is 1. The second kappa shape index (κ2) is 9.38. The zero-order valence-corrected chi connectivity index (χ0v) is 18.2. The topological polar surface area (TPSA) is 101 Å². The molecular weight excluding hydrogens is 486 g/mol. The highest BCUT2D eigenvalue weighted by atomic mass is 35.5. The first-order valence-corrected chi connectivity index (χ1v) is 11.1. The van der Waals surface area contributed by atoms with Gasteiger partial charge in [0.05, 0.1) is 26.7 Å². The molecule has 0 saturated carbocycles. The number of rotatable bonds is 6. The van der Waals surface area contributed by atoms with Crippen LogP contribution in [0.5, 0.6) is 0 Å². The molecule has 0 fully saturated rings. The number of amides is 1. The van der Waals surface area contributed by atoms with Gasteiger partial charge in [-0.2, -0.15) is 13.2 Å². The Labute approximate surface area is 191 Å². The number of sulfonamides is 1. The van der Waals surface area contributed by atoms with E-state index in [0.29, 0.717) is 17.7 Å². The molecule has 0 aliphatic rings. The van der Waals surface area contributed by atoms with Gasteiger partial charge >= 0.3 is 6.18 Å². The minimum absolute atomic E-state index is 0.0187. The third-order valence-electron chi connectivity index (χ3n) is 4.51. The lowest BCUT2D eigenvalue weighted by Gasteiger charge is -2.15. The molecule has 174 valence electrons. The zero-order chi connectivity index (χ0) is 24.4. The van der Waals surface area contributed by atoms with Crippen LogP contribution in [0.25, 0.3) is 0 Å². The predicted molar refractivity (Wildman–Crippen MR) is 116 cm³/mol. The summed E-state index contributed by atoms with van der Waals surface area (Å²) in [4.78, 5) is 12.0. The Morgan fingerprint density at radius 3 is 2.27 bits per heavy atom. The number of halogens is 5. The van der Waals surface area contributed by atoms with Crippen LogP contribution < -0.4 is 15.8 Å². The molecule has 6 nitrogen and oxygen atoms in total. The number of nitrogens with two attached hydrogens (primary N) is 1. The molecule has 4 N–H and O–H groups in total. The molecule has 3 aromatic carbocycles. The van der Waals surface area contributed by atoms with Crippen LogP contribution in [-0.4, -0.2) is 14.3 Å². The van der Waals surface area contributed by atoms with Gasteiger partial charge in [-0.25, -0.2) is 12.8 Å². The minimum Gasteiger partial charge on any atom is -0.326 e. The standard InChI is InChI=1S/C21H16ClF4N3O3S/c22-16-2-1-3-17(23)19(16)20(30)28-14-7-4-12(11-27)18(10-14)29-33(31,32)15-8-5-13(6-9-15)21(24,25)26/h1-10,29H,11,27H2,(H,28,30). The van der Waals surface area contributed by atoms with E-state index in [9.17, 15) is 30.8 Å². The van der Waals surface area contributed by atoms with Crippen molar-refractivity contribution in [2.45, 2.75) is 17.6 Å². The van der Waals surface area contributed by atoms with Gasteiger partial charge in [-0.15, -0.1) is 0 Å². The van der Waals surface area contributed by atoms with Crippen molar-refractivity contribution in [3.63, 3.8) is 0 Å². The Morgan fingerprint density at radius 1 is 1.03 bits per heavy atom. The smallest absolute Gasteiger partial charge is 0.326 e. The van der Waals surface area contributed by atoms with Gasteiger partial charge in [0.15, 0.2) is 0 Å². The van der Waals surface area contributed by atoms with Crippen LogP contribution in [0.2, 0.25) is 5.02 Å². The molecule has 0 spiro atoms. The van der Waals surface area contributed by atoms with Gasteiger partial charge in [-0.05, 0) is 54.1 Å². The van der Waals surface area contributed by atoms with Crippen LogP contribution in [0.3, 0.4) is 0 Å². The number of carbonyl (C=O) groups is 1. The average Bonchev–Trinajstić information content (AvgIpc) is 2.73. The summed E-state index contributed by atoms with van der Waals surface area (Å²) in [6.07, 6.45) is -4.61. The lowest BCUT2D eigenvalue weighted by molar-refractivity contribution is -0.137. The molecule has 33 heavy (non-hydrogen) atoms. The molecule has 0 aliphatic carbocycles. The third-order valence-corrected chi connectivity index (χ3v) is 6.21. The first kappa shape index (κ1) is 24.5. The van der Waals surface area contributed by atoms with Crippen LogP contribution in [0, 0.1) is 5.82 Å². The molecule has 12 heteroatoms.